The molecule has 0 aromatic rings. The summed E-state index contributed by atoms with van der Waals surface area (Å²) < 4.78 is 0. The van der Waals surface area contributed by atoms with Crippen molar-refractivity contribution in [2.45, 2.75) is 120 Å². The summed E-state index contributed by atoms with van der Waals surface area (Å²) in [5.74, 6) is 0. The fourth-order valence-corrected chi connectivity index (χ4v) is 2.26. The predicted octanol–water partition coefficient (Wildman–Crippen LogP) is 9.43. The first-order valence-electron chi connectivity index (χ1n) is 10.7. The molecule has 0 atom stereocenters. The Morgan fingerprint density at radius 3 is 0.917 bits per heavy atom. The van der Waals surface area contributed by atoms with E-state index >= 15 is 0 Å². The van der Waals surface area contributed by atoms with Crippen LogP contribution in [0.5, 0.6) is 0 Å². The normalized spacial score (nSPS) is 16.6. The molecule has 24 heavy (non-hydrogen) atoms. The topological polar surface area (TPSA) is 0 Å². The van der Waals surface area contributed by atoms with Crippen molar-refractivity contribution in [3.8, 4) is 0 Å². The van der Waals surface area contributed by atoms with Crippen molar-refractivity contribution in [3.05, 3.63) is 34.9 Å². The molecule has 0 aliphatic heterocycles. The third kappa shape index (κ3) is 21.2. The second kappa shape index (κ2) is 24.5. The van der Waals surface area contributed by atoms with Crippen LogP contribution < -0.4 is 0 Å². The maximum Gasteiger partial charge on any atom is -0.0288 e. The lowest BCUT2D eigenvalue weighted by Crippen LogP contribution is -1.85. The van der Waals surface area contributed by atoms with E-state index in [0.717, 1.165) is 0 Å². The zero-order chi connectivity index (χ0) is 19.2. The van der Waals surface area contributed by atoms with Gasteiger partial charge in [0.15, 0.2) is 0 Å². The van der Waals surface area contributed by atoms with Crippen LogP contribution in [0.2, 0.25) is 0 Å². The standard InChI is InChI=1S/C7H12.C6H10.C5H8.3C2H6/c1-7-5-3-2-4-6-7;1-6-4-2-3-5-6;1-5-3-2-4-5;3*1-2/h5H,2-4,6H2,1H3;4H,2-3,5H2,1H3;3H,2,4H2,1H3;3*1-2H3. The summed E-state index contributed by atoms with van der Waals surface area (Å²) in [5, 5.41) is 0. The molecule has 144 valence electrons. The zero-order valence-corrected chi connectivity index (χ0v) is 18.6. The van der Waals surface area contributed by atoms with Crippen LogP contribution in [0.3, 0.4) is 0 Å². The smallest absolute Gasteiger partial charge is 0.0288 e. The SMILES string of the molecule is CC.CC.CC.CC1=CCC1.CC1=CCCC1.CC1=CCCCC1. The molecule has 3 aliphatic carbocycles. The van der Waals surface area contributed by atoms with Gasteiger partial charge in [-0.2, -0.15) is 0 Å². The summed E-state index contributed by atoms with van der Waals surface area (Å²) in [5.41, 5.74) is 4.73. The molecule has 0 heteroatoms. The largest absolute Gasteiger partial charge is 0.0856 e. The molecule has 0 heterocycles. The molecule has 0 aromatic heterocycles. The summed E-state index contributed by atoms with van der Waals surface area (Å²) in [7, 11) is 0. The molecular weight excluding hydrogens is 288 g/mol. The van der Waals surface area contributed by atoms with E-state index in [4.69, 9.17) is 0 Å². The maximum absolute atomic E-state index is 2.35. The Balaban J connectivity index is -0.000000240. The Bertz CT molecular complexity index is 315. The summed E-state index contributed by atoms with van der Waals surface area (Å²) in [4.78, 5) is 0. The highest BCUT2D eigenvalue weighted by molar-refractivity contribution is 5.08. The van der Waals surface area contributed by atoms with Crippen molar-refractivity contribution in [1.82, 2.24) is 0 Å². The van der Waals surface area contributed by atoms with Crippen molar-refractivity contribution >= 4 is 0 Å². The highest BCUT2D eigenvalue weighted by atomic mass is 14.0. The van der Waals surface area contributed by atoms with E-state index in [1.165, 1.54) is 57.8 Å². The van der Waals surface area contributed by atoms with Crippen LogP contribution >= 0.6 is 0 Å². The van der Waals surface area contributed by atoms with E-state index in [1.807, 2.05) is 41.5 Å². The van der Waals surface area contributed by atoms with Crippen LogP contribution in [0.15, 0.2) is 34.9 Å². The van der Waals surface area contributed by atoms with Gasteiger partial charge >= 0.3 is 0 Å². The highest BCUT2D eigenvalue weighted by Crippen LogP contribution is 2.16. The summed E-state index contributed by atoms with van der Waals surface area (Å²) >= 11 is 0. The summed E-state index contributed by atoms with van der Waals surface area (Å²) in [6.45, 7) is 18.6. The minimum atomic E-state index is 1.33. The van der Waals surface area contributed by atoms with Gasteiger partial charge in [0.1, 0.15) is 0 Å². The lowest BCUT2D eigenvalue weighted by Gasteiger charge is -2.05. The lowest BCUT2D eigenvalue weighted by atomic mass is 10.0. The first-order valence-corrected chi connectivity index (χ1v) is 10.7. The third-order valence-electron chi connectivity index (χ3n) is 3.82. The fraction of sp³-hybridized carbons (Fsp3) is 0.750. The van der Waals surface area contributed by atoms with Crippen LogP contribution in [0.4, 0.5) is 0 Å². The maximum atomic E-state index is 2.35. The highest BCUT2D eigenvalue weighted by Gasteiger charge is 1.96. The van der Waals surface area contributed by atoms with Gasteiger partial charge in [-0.3, -0.25) is 0 Å². The Hall–Kier alpha value is -0.780. The molecule has 0 spiro atoms. The lowest BCUT2D eigenvalue weighted by molar-refractivity contribution is 0.702. The van der Waals surface area contributed by atoms with E-state index in [1.54, 1.807) is 16.7 Å². The second-order valence-corrected chi connectivity index (χ2v) is 5.83. The average molecular weight is 337 g/mol. The van der Waals surface area contributed by atoms with E-state index in [2.05, 4.69) is 39.0 Å². The van der Waals surface area contributed by atoms with E-state index < -0.39 is 0 Å². The molecule has 3 rings (SSSR count). The van der Waals surface area contributed by atoms with E-state index in [0.29, 0.717) is 0 Å². The Morgan fingerprint density at radius 1 is 0.458 bits per heavy atom. The average Bonchev–Trinajstić information content (AvgIpc) is 3.11. The quantitative estimate of drug-likeness (QED) is 0.386. The van der Waals surface area contributed by atoms with Gasteiger partial charge in [-0.25, -0.2) is 0 Å². The monoisotopic (exact) mass is 336 g/mol. The van der Waals surface area contributed by atoms with Crippen LogP contribution in [0.1, 0.15) is 120 Å². The number of allylic oxidation sites excluding steroid dienone is 6. The van der Waals surface area contributed by atoms with Gasteiger partial charge in [0, 0.05) is 0 Å². The Morgan fingerprint density at radius 2 is 0.792 bits per heavy atom. The van der Waals surface area contributed by atoms with Crippen LogP contribution in [0, 0.1) is 0 Å². The minimum absolute atomic E-state index is 1.33. The first-order chi connectivity index (χ1) is 11.7. The second-order valence-electron chi connectivity index (χ2n) is 5.83. The van der Waals surface area contributed by atoms with Crippen molar-refractivity contribution in [3.63, 3.8) is 0 Å². The van der Waals surface area contributed by atoms with Crippen molar-refractivity contribution in [2.75, 3.05) is 0 Å². The predicted molar refractivity (Wildman–Crippen MR) is 117 cm³/mol. The van der Waals surface area contributed by atoms with Gasteiger partial charge in [-0.05, 0) is 78.6 Å². The van der Waals surface area contributed by atoms with Crippen molar-refractivity contribution in [2.24, 2.45) is 0 Å². The molecule has 0 fully saturated rings. The van der Waals surface area contributed by atoms with Gasteiger partial charge < -0.3 is 0 Å². The van der Waals surface area contributed by atoms with Gasteiger partial charge in [0.05, 0.1) is 0 Å². The van der Waals surface area contributed by atoms with Crippen LogP contribution in [-0.2, 0) is 0 Å². The Kier molecular flexibility index (Phi) is 28.6. The minimum Gasteiger partial charge on any atom is -0.0856 e. The molecule has 0 saturated carbocycles. The number of rotatable bonds is 0. The molecule has 0 bridgehead atoms. The fourth-order valence-electron chi connectivity index (χ4n) is 2.26. The molecule has 0 amide bonds. The molecule has 0 aromatic carbocycles. The Labute approximate surface area is 155 Å². The third-order valence-corrected chi connectivity index (χ3v) is 3.82. The summed E-state index contributed by atoms with van der Waals surface area (Å²) in [6, 6.07) is 0. The van der Waals surface area contributed by atoms with Gasteiger partial charge in [-0.15, -0.1) is 0 Å². The van der Waals surface area contributed by atoms with Gasteiger partial charge in [-0.1, -0.05) is 76.5 Å². The molecular formula is C24H48. The molecule has 0 radical (unpaired) electrons. The molecule has 0 N–H and O–H groups in total. The molecule has 0 nitrogen and oxygen atoms in total. The first kappa shape index (κ1) is 28.0. The number of hydrogen-bond donors (Lipinski definition) is 0. The van der Waals surface area contributed by atoms with Crippen molar-refractivity contribution < 1.29 is 0 Å². The van der Waals surface area contributed by atoms with E-state index in [-0.39, 0.29) is 0 Å². The van der Waals surface area contributed by atoms with Gasteiger partial charge in [0.2, 0.25) is 0 Å². The van der Waals surface area contributed by atoms with Crippen LogP contribution in [0.25, 0.3) is 0 Å². The van der Waals surface area contributed by atoms with Crippen LogP contribution in [-0.4, -0.2) is 0 Å². The molecule has 3 aliphatic rings. The summed E-state index contributed by atoms with van der Waals surface area (Å²) in [6.07, 6.45) is 19.2. The zero-order valence-electron chi connectivity index (χ0n) is 18.6. The van der Waals surface area contributed by atoms with Gasteiger partial charge in [0.25, 0.3) is 0 Å². The molecule has 0 unspecified atom stereocenters. The number of hydrogen-bond acceptors (Lipinski definition) is 0. The van der Waals surface area contributed by atoms with E-state index in [9.17, 15) is 0 Å². The molecule has 0 saturated heterocycles. The van der Waals surface area contributed by atoms with Crippen molar-refractivity contribution in [1.29, 1.82) is 0 Å².